The molecule has 66 valence electrons. The van der Waals surface area contributed by atoms with Gasteiger partial charge in [-0.3, -0.25) is 4.68 Å². The predicted molar refractivity (Wildman–Crippen MR) is 51.3 cm³/mol. The maximum atomic E-state index is 4.42. The van der Waals surface area contributed by atoms with E-state index in [0.29, 0.717) is 0 Å². The highest BCUT2D eigenvalue weighted by Gasteiger charge is 2.07. The molecular weight excluding hydrogens is 148 g/mol. The molecule has 0 saturated heterocycles. The van der Waals surface area contributed by atoms with Gasteiger partial charge in [-0.15, -0.1) is 6.58 Å². The molecule has 2 heteroatoms. The summed E-state index contributed by atoms with van der Waals surface area (Å²) in [5.41, 5.74) is 3.80. The minimum Gasteiger partial charge on any atom is -0.266 e. The van der Waals surface area contributed by atoms with Gasteiger partial charge in [0.25, 0.3) is 0 Å². The van der Waals surface area contributed by atoms with Gasteiger partial charge in [0.2, 0.25) is 0 Å². The normalized spacial score (nSPS) is 10.2. The van der Waals surface area contributed by atoms with Crippen LogP contribution in [0.15, 0.2) is 12.7 Å². The SMILES string of the molecule is C=CCn1nc(C)c(CC)c1C. The summed E-state index contributed by atoms with van der Waals surface area (Å²) in [6.45, 7) is 10.8. The molecule has 0 atom stereocenters. The second-order valence-corrected chi connectivity index (χ2v) is 2.97. The molecule has 1 heterocycles. The van der Waals surface area contributed by atoms with Crippen molar-refractivity contribution in [3.8, 4) is 0 Å². The van der Waals surface area contributed by atoms with E-state index in [9.17, 15) is 0 Å². The highest BCUT2D eigenvalue weighted by atomic mass is 15.3. The first-order chi connectivity index (χ1) is 5.70. The Morgan fingerprint density at radius 1 is 1.50 bits per heavy atom. The molecule has 0 saturated carbocycles. The molecule has 0 aliphatic heterocycles. The zero-order valence-corrected chi connectivity index (χ0v) is 8.09. The van der Waals surface area contributed by atoms with Crippen molar-refractivity contribution in [2.75, 3.05) is 0 Å². The Kier molecular flexibility index (Phi) is 2.69. The molecule has 0 N–H and O–H groups in total. The van der Waals surface area contributed by atoms with Gasteiger partial charge >= 0.3 is 0 Å². The first kappa shape index (κ1) is 9.04. The maximum Gasteiger partial charge on any atom is 0.0628 e. The monoisotopic (exact) mass is 164 g/mol. The van der Waals surface area contributed by atoms with Crippen LogP contribution in [0.2, 0.25) is 0 Å². The zero-order valence-electron chi connectivity index (χ0n) is 8.09. The molecule has 12 heavy (non-hydrogen) atoms. The third-order valence-corrected chi connectivity index (χ3v) is 2.19. The van der Waals surface area contributed by atoms with E-state index < -0.39 is 0 Å². The minimum atomic E-state index is 0.812. The van der Waals surface area contributed by atoms with E-state index >= 15 is 0 Å². The summed E-state index contributed by atoms with van der Waals surface area (Å²) >= 11 is 0. The van der Waals surface area contributed by atoms with Crippen molar-refractivity contribution >= 4 is 0 Å². The molecule has 0 radical (unpaired) electrons. The average Bonchev–Trinajstić information content (AvgIpc) is 2.29. The van der Waals surface area contributed by atoms with Crippen LogP contribution in [0.5, 0.6) is 0 Å². The van der Waals surface area contributed by atoms with Crippen molar-refractivity contribution in [2.24, 2.45) is 0 Å². The fourth-order valence-electron chi connectivity index (χ4n) is 1.55. The Morgan fingerprint density at radius 2 is 2.17 bits per heavy atom. The van der Waals surface area contributed by atoms with Crippen molar-refractivity contribution in [3.63, 3.8) is 0 Å². The highest BCUT2D eigenvalue weighted by molar-refractivity contribution is 5.24. The van der Waals surface area contributed by atoms with Gasteiger partial charge < -0.3 is 0 Å². The van der Waals surface area contributed by atoms with Crippen LogP contribution in [-0.4, -0.2) is 9.78 Å². The van der Waals surface area contributed by atoms with Crippen LogP contribution >= 0.6 is 0 Å². The summed E-state index contributed by atoms with van der Waals surface area (Å²) in [6, 6.07) is 0. The van der Waals surface area contributed by atoms with Crippen LogP contribution < -0.4 is 0 Å². The molecule has 1 aromatic rings. The molecule has 0 bridgehead atoms. The Morgan fingerprint density at radius 3 is 2.58 bits per heavy atom. The highest BCUT2D eigenvalue weighted by Crippen LogP contribution is 2.12. The Bertz CT molecular complexity index is 284. The standard InChI is InChI=1S/C10H16N2/c1-5-7-12-9(4)10(6-2)8(3)11-12/h5H,1,6-7H2,2-4H3. The molecule has 0 aliphatic carbocycles. The number of aryl methyl sites for hydroxylation is 1. The van der Waals surface area contributed by atoms with Gasteiger partial charge in [0.05, 0.1) is 12.2 Å². The lowest BCUT2D eigenvalue weighted by atomic mass is 10.1. The quantitative estimate of drug-likeness (QED) is 0.626. The number of aromatic nitrogens is 2. The lowest BCUT2D eigenvalue weighted by Gasteiger charge is -1.99. The zero-order chi connectivity index (χ0) is 9.14. The molecule has 0 aromatic carbocycles. The summed E-state index contributed by atoms with van der Waals surface area (Å²) in [6.07, 6.45) is 2.94. The molecule has 1 rings (SSSR count). The first-order valence-corrected chi connectivity index (χ1v) is 4.34. The van der Waals surface area contributed by atoms with E-state index in [1.54, 1.807) is 0 Å². The topological polar surface area (TPSA) is 17.8 Å². The van der Waals surface area contributed by atoms with Gasteiger partial charge in [-0.05, 0) is 25.8 Å². The first-order valence-electron chi connectivity index (χ1n) is 4.34. The molecule has 0 spiro atoms. The molecule has 2 nitrogen and oxygen atoms in total. The summed E-state index contributed by atoms with van der Waals surface area (Å²) in [5.74, 6) is 0. The van der Waals surface area contributed by atoms with Crippen LogP contribution in [0.1, 0.15) is 23.9 Å². The lowest BCUT2D eigenvalue weighted by Crippen LogP contribution is -1.99. The Hall–Kier alpha value is -1.05. The van der Waals surface area contributed by atoms with Gasteiger partial charge in [0, 0.05) is 5.69 Å². The lowest BCUT2D eigenvalue weighted by molar-refractivity contribution is 0.672. The number of allylic oxidation sites excluding steroid dienone is 1. The van der Waals surface area contributed by atoms with E-state index in [-0.39, 0.29) is 0 Å². The number of nitrogens with zero attached hydrogens (tertiary/aromatic N) is 2. The summed E-state index contributed by atoms with van der Waals surface area (Å²) in [5, 5.41) is 4.42. The van der Waals surface area contributed by atoms with Crippen molar-refractivity contribution in [3.05, 3.63) is 29.6 Å². The Labute approximate surface area is 73.9 Å². The second-order valence-electron chi connectivity index (χ2n) is 2.97. The number of hydrogen-bond acceptors (Lipinski definition) is 1. The molecule has 0 amide bonds. The summed E-state index contributed by atoms with van der Waals surface area (Å²) in [4.78, 5) is 0. The smallest absolute Gasteiger partial charge is 0.0628 e. The van der Waals surface area contributed by atoms with E-state index in [0.717, 1.165) is 18.7 Å². The number of hydrogen-bond donors (Lipinski definition) is 0. The van der Waals surface area contributed by atoms with Crippen LogP contribution in [0.3, 0.4) is 0 Å². The number of rotatable bonds is 3. The van der Waals surface area contributed by atoms with Crippen LogP contribution in [-0.2, 0) is 13.0 Å². The van der Waals surface area contributed by atoms with E-state index in [2.05, 4.69) is 32.4 Å². The molecule has 0 unspecified atom stereocenters. The third kappa shape index (κ3) is 1.42. The fraction of sp³-hybridized carbons (Fsp3) is 0.500. The van der Waals surface area contributed by atoms with E-state index in [1.807, 2.05) is 10.8 Å². The van der Waals surface area contributed by atoms with Crippen molar-refractivity contribution < 1.29 is 0 Å². The van der Waals surface area contributed by atoms with Crippen molar-refractivity contribution in [2.45, 2.75) is 33.7 Å². The second kappa shape index (κ2) is 3.57. The van der Waals surface area contributed by atoms with Gasteiger partial charge in [-0.2, -0.15) is 5.10 Å². The third-order valence-electron chi connectivity index (χ3n) is 2.19. The molecule has 0 aliphatic rings. The van der Waals surface area contributed by atoms with Crippen LogP contribution in [0.25, 0.3) is 0 Å². The summed E-state index contributed by atoms with van der Waals surface area (Å²) in [7, 11) is 0. The van der Waals surface area contributed by atoms with Crippen LogP contribution in [0, 0.1) is 13.8 Å². The minimum absolute atomic E-state index is 0.812. The largest absolute Gasteiger partial charge is 0.266 e. The average molecular weight is 164 g/mol. The van der Waals surface area contributed by atoms with Crippen molar-refractivity contribution in [1.82, 2.24) is 9.78 Å². The molecular formula is C10H16N2. The van der Waals surface area contributed by atoms with Gasteiger partial charge in [0.15, 0.2) is 0 Å². The van der Waals surface area contributed by atoms with Crippen molar-refractivity contribution in [1.29, 1.82) is 0 Å². The van der Waals surface area contributed by atoms with Crippen LogP contribution in [0.4, 0.5) is 0 Å². The fourth-order valence-corrected chi connectivity index (χ4v) is 1.55. The molecule has 1 aromatic heterocycles. The van der Waals surface area contributed by atoms with E-state index in [4.69, 9.17) is 0 Å². The van der Waals surface area contributed by atoms with Gasteiger partial charge in [-0.1, -0.05) is 13.0 Å². The van der Waals surface area contributed by atoms with Gasteiger partial charge in [-0.25, -0.2) is 0 Å². The predicted octanol–water partition coefficient (Wildman–Crippen LogP) is 2.25. The Balaban J connectivity index is 3.07. The van der Waals surface area contributed by atoms with Gasteiger partial charge in [0.1, 0.15) is 0 Å². The van der Waals surface area contributed by atoms with E-state index in [1.165, 1.54) is 11.3 Å². The maximum absolute atomic E-state index is 4.42. The summed E-state index contributed by atoms with van der Waals surface area (Å²) < 4.78 is 2.00. The molecule has 0 fully saturated rings.